The number of benzene rings is 2. The first-order valence-electron chi connectivity index (χ1n) is 9.32. The summed E-state index contributed by atoms with van der Waals surface area (Å²) in [7, 11) is 0. The summed E-state index contributed by atoms with van der Waals surface area (Å²) >= 11 is 0. The summed E-state index contributed by atoms with van der Waals surface area (Å²) in [6.45, 7) is 3.68. The summed E-state index contributed by atoms with van der Waals surface area (Å²) in [5.74, 6) is -4.36. The van der Waals surface area contributed by atoms with E-state index in [-0.39, 0.29) is 28.3 Å². The number of carboxylic acids is 1. The van der Waals surface area contributed by atoms with Crippen LogP contribution in [-0.4, -0.2) is 41.3 Å². The minimum Gasteiger partial charge on any atom is -0.477 e. The molecule has 4 rings (SSSR count). The molecule has 1 aromatic heterocycles. The molecule has 1 aliphatic rings. The second-order valence-corrected chi connectivity index (χ2v) is 7.27. The van der Waals surface area contributed by atoms with Crippen molar-refractivity contribution in [3.63, 3.8) is 0 Å². The van der Waals surface area contributed by atoms with Crippen molar-refractivity contribution in [1.82, 2.24) is 9.88 Å². The lowest BCUT2D eigenvalue weighted by Crippen LogP contribution is -2.49. The summed E-state index contributed by atoms with van der Waals surface area (Å²) in [6.07, 6.45) is 1.04. The Morgan fingerprint density at radius 1 is 1.13 bits per heavy atom. The number of halogens is 3. The highest BCUT2D eigenvalue weighted by atomic mass is 19.2. The predicted molar refractivity (Wildman–Crippen MR) is 106 cm³/mol. The maximum absolute atomic E-state index is 14.9. The van der Waals surface area contributed by atoms with Crippen LogP contribution in [0, 0.1) is 17.5 Å². The van der Waals surface area contributed by atoms with Gasteiger partial charge in [0.25, 0.3) is 0 Å². The van der Waals surface area contributed by atoms with E-state index >= 15 is 0 Å². The second-order valence-electron chi connectivity index (χ2n) is 7.27. The van der Waals surface area contributed by atoms with E-state index in [0.717, 1.165) is 24.4 Å². The molecule has 156 valence electrons. The third-order valence-corrected chi connectivity index (χ3v) is 5.19. The van der Waals surface area contributed by atoms with Crippen molar-refractivity contribution >= 4 is 22.6 Å². The fraction of sp³-hybridized carbons (Fsp3) is 0.238. The maximum atomic E-state index is 14.9. The summed E-state index contributed by atoms with van der Waals surface area (Å²) in [5, 5.41) is 12.5. The van der Waals surface area contributed by atoms with Gasteiger partial charge in [0.1, 0.15) is 11.4 Å². The number of hydrogen-bond acceptors (Lipinski definition) is 4. The monoisotopic (exact) mass is 417 g/mol. The molecular formula is C21H18F3N3O3. The SMILES string of the molecule is CC1CN(c2cc3c(cc2F)c(=O)c(C(=O)O)cn3-c2ccc(F)c(F)c2)CCN1. The number of nitrogens with zero attached hydrogens (tertiary/aromatic N) is 2. The van der Waals surface area contributed by atoms with Crippen LogP contribution in [0.15, 0.2) is 41.3 Å². The molecule has 0 saturated carbocycles. The zero-order valence-corrected chi connectivity index (χ0v) is 16.0. The summed E-state index contributed by atoms with van der Waals surface area (Å²) in [4.78, 5) is 26.0. The number of carboxylic acid groups (broad SMARTS) is 1. The smallest absolute Gasteiger partial charge is 0.341 e. The fourth-order valence-electron chi connectivity index (χ4n) is 3.73. The van der Waals surface area contributed by atoms with Crippen LogP contribution in [0.4, 0.5) is 18.9 Å². The molecule has 1 unspecified atom stereocenters. The Kier molecular flexibility index (Phi) is 4.98. The van der Waals surface area contributed by atoms with Gasteiger partial charge < -0.3 is 19.9 Å². The molecule has 0 spiro atoms. The Labute approximate surface area is 169 Å². The predicted octanol–water partition coefficient (Wildman–Crippen LogP) is 2.90. The van der Waals surface area contributed by atoms with E-state index in [9.17, 15) is 27.9 Å². The number of hydrogen-bond donors (Lipinski definition) is 2. The number of anilines is 1. The number of nitrogens with one attached hydrogen (secondary N) is 1. The first kappa shape index (κ1) is 20.0. The number of fused-ring (bicyclic) bond motifs is 1. The Hall–Kier alpha value is -3.33. The van der Waals surface area contributed by atoms with Gasteiger partial charge in [-0.05, 0) is 31.2 Å². The molecule has 2 N–H and O–H groups in total. The number of piperazine rings is 1. The van der Waals surface area contributed by atoms with Gasteiger partial charge in [0.05, 0.1) is 11.2 Å². The van der Waals surface area contributed by atoms with Crippen LogP contribution in [0.1, 0.15) is 17.3 Å². The molecule has 2 heterocycles. The molecule has 3 aromatic rings. The van der Waals surface area contributed by atoms with E-state index in [0.29, 0.717) is 19.6 Å². The largest absolute Gasteiger partial charge is 0.477 e. The first-order valence-corrected chi connectivity index (χ1v) is 9.32. The molecule has 30 heavy (non-hydrogen) atoms. The van der Waals surface area contributed by atoms with Gasteiger partial charge in [-0.2, -0.15) is 0 Å². The molecule has 0 aliphatic carbocycles. The van der Waals surface area contributed by atoms with Crippen LogP contribution in [0.3, 0.4) is 0 Å². The quantitative estimate of drug-likeness (QED) is 0.686. The topological polar surface area (TPSA) is 74.6 Å². The van der Waals surface area contributed by atoms with Gasteiger partial charge in [0.15, 0.2) is 11.6 Å². The number of rotatable bonds is 3. The van der Waals surface area contributed by atoms with Crippen molar-refractivity contribution in [1.29, 1.82) is 0 Å². The third kappa shape index (κ3) is 3.41. The number of carbonyl (C=O) groups is 1. The van der Waals surface area contributed by atoms with E-state index in [2.05, 4.69) is 5.32 Å². The molecule has 1 atom stereocenters. The zero-order chi connectivity index (χ0) is 21.6. The molecule has 0 bridgehead atoms. The van der Waals surface area contributed by atoms with Crippen molar-refractivity contribution in [3.8, 4) is 5.69 Å². The Morgan fingerprint density at radius 3 is 2.57 bits per heavy atom. The first-order chi connectivity index (χ1) is 14.3. The Morgan fingerprint density at radius 2 is 1.90 bits per heavy atom. The van der Waals surface area contributed by atoms with Crippen molar-refractivity contribution in [3.05, 3.63) is 69.8 Å². The average molecular weight is 417 g/mol. The van der Waals surface area contributed by atoms with Gasteiger partial charge >= 0.3 is 5.97 Å². The molecular weight excluding hydrogens is 399 g/mol. The zero-order valence-electron chi connectivity index (χ0n) is 16.0. The van der Waals surface area contributed by atoms with E-state index in [4.69, 9.17) is 0 Å². The van der Waals surface area contributed by atoms with E-state index in [1.54, 1.807) is 0 Å². The van der Waals surface area contributed by atoms with E-state index in [1.165, 1.54) is 16.7 Å². The Bertz CT molecular complexity index is 1230. The lowest BCUT2D eigenvalue weighted by atomic mass is 10.1. The highest BCUT2D eigenvalue weighted by molar-refractivity contribution is 5.94. The molecule has 6 nitrogen and oxygen atoms in total. The molecule has 1 fully saturated rings. The standard InChI is InChI=1S/C21H18F3N3O3/c1-11-9-26(5-4-25-11)19-8-18-13(7-17(19)24)20(28)14(21(29)30)10-27(18)12-2-3-15(22)16(23)6-12/h2-3,6-8,10-11,25H,4-5,9H2,1H3,(H,29,30). The Balaban J connectivity index is 2.01. The fourth-order valence-corrected chi connectivity index (χ4v) is 3.73. The van der Waals surface area contributed by atoms with Gasteiger partial charge in [0, 0.05) is 49.0 Å². The van der Waals surface area contributed by atoms with E-state index < -0.39 is 34.4 Å². The highest BCUT2D eigenvalue weighted by Crippen LogP contribution is 2.28. The molecule has 1 saturated heterocycles. The lowest BCUT2D eigenvalue weighted by molar-refractivity contribution is 0.0695. The number of pyridine rings is 1. The van der Waals surface area contributed by atoms with E-state index in [1.807, 2.05) is 11.8 Å². The van der Waals surface area contributed by atoms with Crippen LogP contribution in [0.5, 0.6) is 0 Å². The number of aromatic carboxylic acids is 1. The van der Waals surface area contributed by atoms with Gasteiger partial charge in [-0.1, -0.05) is 0 Å². The van der Waals surface area contributed by atoms with Gasteiger partial charge in [-0.15, -0.1) is 0 Å². The van der Waals surface area contributed by atoms with Crippen molar-refractivity contribution < 1.29 is 23.1 Å². The average Bonchev–Trinajstić information content (AvgIpc) is 2.70. The molecule has 1 aliphatic heterocycles. The van der Waals surface area contributed by atoms with Crippen molar-refractivity contribution in [2.24, 2.45) is 0 Å². The lowest BCUT2D eigenvalue weighted by Gasteiger charge is -2.34. The van der Waals surface area contributed by atoms with Gasteiger partial charge in [-0.3, -0.25) is 4.79 Å². The van der Waals surface area contributed by atoms with Crippen LogP contribution >= 0.6 is 0 Å². The van der Waals surface area contributed by atoms with Gasteiger partial charge in [0.2, 0.25) is 5.43 Å². The van der Waals surface area contributed by atoms with Crippen LogP contribution in [0.2, 0.25) is 0 Å². The highest BCUT2D eigenvalue weighted by Gasteiger charge is 2.23. The van der Waals surface area contributed by atoms with Crippen LogP contribution < -0.4 is 15.6 Å². The minimum absolute atomic E-state index is 0.104. The summed E-state index contributed by atoms with van der Waals surface area (Å²) in [6, 6.07) is 5.61. The van der Waals surface area contributed by atoms with Crippen LogP contribution in [-0.2, 0) is 0 Å². The van der Waals surface area contributed by atoms with Crippen molar-refractivity contribution in [2.45, 2.75) is 13.0 Å². The summed E-state index contributed by atoms with van der Waals surface area (Å²) in [5.41, 5.74) is -0.911. The second kappa shape index (κ2) is 7.49. The minimum atomic E-state index is -1.50. The van der Waals surface area contributed by atoms with Gasteiger partial charge in [-0.25, -0.2) is 18.0 Å². The molecule has 0 amide bonds. The molecule has 0 radical (unpaired) electrons. The molecule has 9 heteroatoms. The third-order valence-electron chi connectivity index (χ3n) is 5.19. The maximum Gasteiger partial charge on any atom is 0.341 e. The number of aromatic nitrogens is 1. The normalized spacial score (nSPS) is 16.8. The van der Waals surface area contributed by atoms with Crippen LogP contribution in [0.25, 0.3) is 16.6 Å². The van der Waals surface area contributed by atoms with Crippen molar-refractivity contribution in [2.75, 3.05) is 24.5 Å². The molecule has 2 aromatic carbocycles. The summed E-state index contributed by atoms with van der Waals surface area (Å²) < 4.78 is 43.4.